The molecule has 0 saturated heterocycles. The molecule has 7 nitrogen and oxygen atoms in total. The number of amides is 1. The summed E-state index contributed by atoms with van der Waals surface area (Å²) in [5.74, 6) is -0.0543. The van der Waals surface area contributed by atoms with Crippen LogP contribution in [0.2, 0.25) is 5.02 Å². The number of pyridine rings is 1. The average Bonchev–Trinajstić information content (AvgIpc) is 3.07. The number of carbonyl (C=O) groups excluding carboxylic acids is 1. The number of hydrogen-bond donors (Lipinski definition) is 1. The Bertz CT molecular complexity index is 1080. The second kappa shape index (κ2) is 8.37. The minimum Gasteiger partial charge on any atom is -0.495 e. The zero-order valence-electron chi connectivity index (χ0n) is 15.2. The number of ether oxygens (including phenoxy) is 1. The lowest BCUT2D eigenvalue weighted by atomic mass is 10.1. The topological polar surface area (TPSA) is 92.8 Å². The summed E-state index contributed by atoms with van der Waals surface area (Å²) in [5, 5.41) is 16.9. The SMILES string of the molecule is COc1ccc(NC(=O)C(C#N)=Cc2cn(C)nc2-c2ccncc2)cc1Cl. The average molecular weight is 394 g/mol. The first-order chi connectivity index (χ1) is 13.5. The number of anilines is 1. The Labute approximate surface area is 166 Å². The van der Waals surface area contributed by atoms with Crippen LogP contribution in [0.25, 0.3) is 17.3 Å². The number of methoxy groups -OCH3 is 1. The third kappa shape index (κ3) is 4.19. The summed E-state index contributed by atoms with van der Waals surface area (Å²) in [5.41, 5.74) is 2.53. The van der Waals surface area contributed by atoms with E-state index in [4.69, 9.17) is 16.3 Å². The summed E-state index contributed by atoms with van der Waals surface area (Å²) in [7, 11) is 3.28. The van der Waals surface area contributed by atoms with Gasteiger partial charge in [0.1, 0.15) is 17.4 Å². The predicted molar refractivity (Wildman–Crippen MR) is 107 cm³/mol. The molecule has 0 atom stereocenters. The van der Waals surface area contributed by atoms with Gasteiger partial charge in [-0.15, -0.1) is 0 Å². The fourth-order valence-electron chi connectivity index (χ4n) is 2.59. The van der Waals surface area contributed by atoms with Crippen molar-refractivity contribution in [2.24, 2.45) is 7.05 Å². The van der Waals surface area contributed by atoms with E-state index in [0.717, 1.165) is 5.56 Å². The Kier molecular flexibility index (Phi) is 5.72. The monoisotopic (exact) mass is 393 g/mol. The van der Waals surface area contributed by atoms with Crippen LogP contribution in [0.1, 0.15) is 5.56 Å². The summed E-state index contributed by atoms with van der Waals surface area (Å²) >= 11 is 6.08. The van der Waals surface area contributed by atoms with Crippen LogP contribution in [0.15, 0.2) is 54.5 Å². The van der Waals surface area contributed by atoms with Crippen molar-refractivity contribution < 1.29 is 9.53 Å². The van der Waals surface area contributed by atoms with Gasteiger partial charge in [0.15, 0.2) is 0 Å². The van der Waals surface area contributed by atoms with Gasteiger partial charge in [-0.1, -0.05) is 11.6 Å². The molecule has 0 radical (unpaired) electrons. The molecule has 1 aromatic carbocycles. The quantitative estimate of drug-likeness (QED) is 0.527. The van der Waals surface area contributed by atoms with E-state index in [9.17, 15) is 10.1 Å². The maximum atomic E-state index is 12.6. The molecular formula is C20H16ClN5O2. The highest BCUT2D eigenvalue weighted by molar-refractivity contribution is 6.32. The van der Waals surface area contributed by atoms with Crippen LogP contribution < -0.4 is 10.1 Å². The molecule has 0 aliphatic heterocycles. The zero-order valence-corrected chi connectivity index (χ0v) is 15.9. The lowest BCUT2D eigenvalue weighted by Gasteiger charge is -2.07. The highest BCUT2D eigenvalue weighted by atomic mass is 35.5. The van der Waals surface area contributed by atoms with E-state index in [2.05, 4.69) is 15.4 Å². The standard InChI is InChI=1S/C20H16ClN5O2/c1-26-12-15(19(25-26)13-5-7-23-8-6-13)9-14(11-22)20(27)24-16-3-4-18(28-2)17(21)10-16/h3-10,12H,1-2H3,(H,24,27). The van der Waals surface area contributed by atoms with Gasteiger partial charge in [-0.05, 0) is 36.4 Å². The zero-order chi connectivity index (χ0) is 20.1. The van der Waals surface area contributed by atoms with Gasteiger partial charge in [0.05, 0.1) is 17.8 Å². The fourth-order valence-corrected chi connectivity index (χ4v) is 2.85. The number of halogens is 1. The highest BCUT2D eigenvalue weighted by Gasteiger charge is 2.14. The van der Waals surface area contributed by atoms with E-state index in [1.165, 1.54) is 13.2 Å². The number of nitrogens with zero attached hydrogens (tertiary/aromatic N) is 4. The molecular weight excluding hydrogens is 378 g/mol. The van der Waals surface area contributed by atoms with E-state index in [1.54, 1.807) is 48.5 Å². The lowest BCUT2D eigenvalue weighted by molar-refractivity contribution is -0.112. The van der Waals surface area contributed by atoms with Crippen LogP contribution in [0.3, 0.4) is 0 Å². The Balaban J connectivity index is 1.90. The van der Waals surface area contributed by atoms with Crippen LogP contribution in [0, 0.1) is 11.3 Å². The van der Waals surface area contributed by atoms with Crippen LogP contribution in [-0.4, -0.2) is 27.8 Å². The Morgan fingerprint density at radius 1 is 1.32 bits per heavy atom. The summed E-state index contributed by atoms with van der Waals surface area (Å²) in [6.07, 6.45) is 6.56. The first-order valence-corrected chi connectivity index (χ1v) is 8.60. The number of aromatic nitrogens is 3. The van der Waals surface area contributed by atoms with Gasteiger partial charge < -0.3 is 10.1 Å². The number of rotatable bonds is 5. The molecule has 1 amide bonds. The van der Waals surface area contributed by atoms with Crippen molar-refractivity contribution in [1.29, 1.82) is 5.26 Å². The van der Waals surface area contributed by atoms with Gasteiger partial charge in [-0.25, -0.2) is 0 Å². The predicted octanol–water partition coefficient (Wildman–Crippen LogP) is 3.69. The summed E-state index contributed by atoms with van der Waals surface area (Å²) in [6.45, 7) is 0. The van der Waals surface area contributed by atoms with Crippen molar-refractivity contribution in [1.82, 2.24) is 14.8 Å². The van der Waals surface area contributed by atoms with Gasteiger partial charge in [0, 0.05) is 42.5 Å². The van der Waals surface area contributed by atoms with Crippen LogP contribution in [0.5, 0.6) is 5.75 Å². The molecule has 0 aliphatic carbocycles. The van der Waals surface area contributed by atoms with Crippen molar-refractivity contribution in [3.63, 3.8) is 0 Å². The van der Waals surface area contributed by atoms with E-state index in [0.29, 0.717) is 27.7 Å². The smallest absolute Gasteiger partial charge is 0.266 e. The van der Waals surface area contributed by atoms with Crippen molar-refractivity contribution in [2.45, 2.75) is 0 Å². The highest BCUT2D eigenvalue weighted by Crippen LogP contribution is 2.28. The Morgan fingerprint density at radius 3 is 2.71 bits per heavy atom. The van der Waals surface area contributed by atoms with Crippen molar-refractivity contribution in [3.05, 3.63) is 65.1 Å². The molecule has 8 heteroatoms. The van der Waals surface area contributed by atoms with E-state index in [-0.39, 0.29) is 5.57 Å². The molecule has 2 heterocycles. The molecule has 2 aromatic heterocycles. The number of carbonyl (C=O) groups is 1. The molecule has 0 spiro atoms. The second-order valence-corrected chi connectivity index (χ2v) is 6.22. The molecule has 0 aliphatic rings. The third-order valence-corrected chi connectivity index (χ3v) is 4.18. The van der Waals surface area contributed by atoms with Gasteiger partial charge in [-0.3, -0.25) is 14.5 Å². The van der Waals surface area contributed by atoms with Gasteiger partial charge in [0.25, 0.3) is 5.91 Å². The fraction of sp³-hybridized carbons (Fsp3) is 0.100. The minimum atomic E-state index is -0.548. The molecule has 0 unspecified atom stereocenters. The molecule has 0 fully saturated rings. The first kappa shape index (κ1) is 19.1. The maximum absolute atomic E-state index is 12.6. The van der Waals surface area contributed by atoms with Gasteiger partial charge in [0.2, 0.25) is 0 Å². The molecule has 3 rings (SSSR count). The third-order valence-electron chi connectivity index (χ3n) is 3.89. The number of nitriles is 1. The second-order valence-electron chi connectivity index (χ2n) is 5.82. The molecule has 0 bridgehead atoms. The van der Waals surface area contributed by atoms with Crippen LogP contribution in [-0.2, 0) is 11.8 Å². The normalized spacial score (nSPS) is 11.0. The number of hydrogen-bond acceptors (Lipinski definition) is 5. The molecule has 1 N–H and O–H groups in total. The number of nitrogens with one attached hydrogen (secondary N) is 1. The molecule has 3 aromatic rings. The van der Waals surface area contributed by atoms with Crippen molar-refractivity contribution in [2.75, 3.05) is 12.4 Å². The minimum absolute atomic E-state index is 0.0600. The number of aryl methyl sites for hydroxylation is 1. The summed E-state index contributed by atoms with van der Waals surface area (Å²) in [4.78, 5) is 16.5. The van der Waals surface area contributed by atoms with E-state index in [1.807, 2.05) is 18.2 Å². The molecule has 0 saturated carbocycles. The maximum Gasteiger partial charge on any atom is 0.266 e. The van der Waals surface area contributed by atoms with Crippen molar-refractivity contribution >= 4 is 29.3 Å². The van der Waals surface area contributed by atoms with Gasteiger partial charge in [-0.2, -0.15) is 10.4 Å². The van der Waals surface area contributed by atoms with Crippen LogP contribution in [0.4, 0.5) is 5.69 Å². The lowest BCUT2D eigenvalue weighted by Crippen LogP contribution is -2.13. The first-order valence-electron chi connectivity index (χ1n) is 8.22. The number of benzene rings is 1. The molecule has 140 valence electrons. The van der Waals surface area contributed by atoms with Gasteiger partial charge >= 0.3 is 0 Å². The summed E-state index contributed by atoms with van der Waals surface area (Å²) in [6, 6.07) is 10.4. The van der Waals surface area contributed by atoms with E-state index < -0.39 is 5.91 Å². The Hall–Kier alpha value is -3.63. The Morgan fingerprint density at radius 2 is 2.07 bits per heavy atom. The van der Waals surface area contributed by atoms with Crippen molar-refractivity contribution in [3.8, 4) is 23.1 Å². The summed E-state index contributed by atoms with van der Waals surface area (Å²) < 4.78 is 6.71. The van der Waals surface area contributed by atoms with Crippen LogP contribution >= 0.6 is 11.6 Å². The largest absolute Gasteiger partial charge is 0.495 e. The van der Waals surface area contributed by atoms with E-state index >= 15 is 0 Å². The molecule has 28 heavy (non-hydrogen) atoms.